The molecule has 5 rings (SSSR count). The Hall–Kier alpha value is -3.65. The monoisotopic (exact) mass is 499 g/mol. The van der Waals surface area contributed by atoms with E-state index < -0.39 is 0 Å². The van der Waals surface area contributed by atoms with Gasteiger partial charge in [0.25, 0.3) is 11.8 Å². The van der Waals surface area contributed by atoms with Gasteiger partial charge in [0.1, 0.15) is 10.6 Å². The summed E-state index contributed by atoms with van der Waals surface area (Å²) in [5.74, 6) is -0.486. The van der Waals surface area contributed by atoms with Gasteiger partial charge < -0.3 is 9.80 Å². The lowest BCUT2D eigenvalue weighted by Crippen LogP contribution is -2.47. The van der Waals surface area contributed by atoms with E-state index in [1.807, 2.05) is 68.4 Å². The SMILES string of the molecule is Cc1cc(C)nc(SC2=C(N3CCN(c4ccccc4)CC3)C(=O)N(CCc3ccccc3)C2=O)n1. The summed E-state index contributed by atoms with van der Waals surface area (Å²) in [6, 6.07) is 22.1. The van der Waals surface area contributed by atoms with Crippen LogP contribution in [0.2, 0.25) is 0 Å². The number of para-hydroxylation sites is 1. The van der Waals surface area contributed by atoms with E-state index in [-0.39, 0.29) is 11.8 Å². The fourth-order valence-electron chi connectivity index (χ4n) is 4.66. The molecule has 2 aliphatic heterocycles. The van der Waals surface area contributed by atoms with Crippen molar-refractivity contribution in [1.82, 2.24) is 19.8 Å². The second-order valence-electron chi connectivity index (χ2n) is 9.02. The molecule has 36 heavy (non-hydrogen) atoms. The van der Waals surface area contributed by atoms with E-state index >= 15 is 0 Å². The van der Waals surface area contributed by atoms with Gasteiger partial charge in [-0.25, -0.2) is 9.97 Å². The minimum Gasteiger partial charge on any atom is -0.368 e. The lowest BCUT2D eigenvalue weighted by molar-refractivity contribution is -0.137. The van der Waals surface area contributed by atoms with E-state index in [4.69, 9.17) is 0 Å². The summed E-state index contributed by atoms with van der Waals surface area (Å²) in [5.41, 5.74) is 4.41. The molecule has 1 aromatic heterocycles. The Kier molecular flexibility index (Phi) is 7.04. The largest absolute Gasteiger partial charge is 0.368 e. The molecule has 0 saturated carbocycles. The zero-order valence-electron chi connectivity index (χ0n) is 20.6. The van der Waals surface area contributed by atoms with Crippen LogP contribution in [-0.4, -0.2) is 64.3 Å². The van der Waals surface area contributed by atoms with Gasteiger partial charge in [-0.1, -0.05) is 48.5 Å². The zero-order chi connectivity index (χ0) is 25.1. The van der Waals surface area contributed by atoms with Crippen molar-refractivity contribution in [2.24, 2.45) is 0 Å². The number of thioether (sulfide) groups is 1. The molecule has 1 saturated heterocycles. The van der Waals surface area contributed by atoms with Crippen LogP contribution in [0.25, 0.3) is 0 Å². The molecule has 0 unspecified atom stereocenters. The summed E-state index contributed by atoms with van der Waals surface area (Å²) in [5, 5.41) is 0.494. The average Bonchev–Trinajstić information content (AvgIpc) is 3.12. The van der Waals surface area contributed by atoms with Crippen LogP contribution in [0.15, 0.2) is 82.5 Å². The Bertz CT molecular complexity index is 1270. The zero-order valence-corrected chi connectivity index (χ0v) is 21.4. The van der Waals surface area contributed by atoms with E-state index in [2.05, 4.69) is 31.9 Å². The van der Waals surface area contributed by atoms with Crippen molar-refractivity contribution in [3.05, 3.63) is 94.3 Å². The Balaban J connectivity index is 1.40. The Morgan fingerprint density at radius 3 is 2.00 bits per heavy atom. The first-order valence-electron chi connectivity index (χ1n) is 12.2. The maximum atomic E-state index is 13.7. The first-order valence-corrected chi connectivity index (χ1v) is 13.0. The number of hydrogen-bond donors (Lipinski definition) is 0. The summed E-state index contributed by atoms with van der Waals surface area (Å²) < 4.78 is 0. The fraction of sp³-hybridized carbons (Fsp3) is 0.286. The van der Waals surface area contributed by atoms with Crippen LogP contribution in [0.5, 0.6) is 0 Å². The molecule has 3 heterocycles. The summed E-state index contributed by atoms with van der Waals surface area (Å²) in [6.45, 7) is 7.03. The second-order valence-corrected chi connectivity index (χ2v) is 10.00. The number of rotatable bonds is 7. The van der Waals surface area contributed by atoms with Crippen LogP contribution in [0, 0.1) is 13.8 Å². The molecule has 0 radical (unpaired) electrons. The van der Waals surface area contributed by atoms with Crippen molar-refractivity contribution < 1.29 is 9.59 Å². The third kappa shape index (κ3) is 5.14. The third-order valence-electron chi connectivity index (χ3n) is 6.44. The summed E-state index contributed by atoms with van der Waals surface area (Å²) in [4.78, 5) is 42.5. The maximum absolute atomic E-state index is 13.7. The van der Waals surface area contributed by atoms with Crippen LogP contribution >= 0.6 is 11.8 Å². The molecule has 0 N–H and O–H groups in total. The standard InChI is InChI=1S/C28H29N5O2S/c1-20-19-21(2)30-28(29-20)36-25-24(32-17-15-31(16-18-32)23-11-7-4-8-12-23)26(34)33(27(25)35)14-13-22-9-5-3-6-10-22/h3-12,19H,13-18H2,1-2H3. The van der Waals surface area contributed by atoms with Gasteiger partial charge in [-0.15, -0.1) is 0 Å². The molecule has 2 aromatic carbocycles. The van der Waals surface area contributed by atoms with Crippen molar-refractivity contribution in [1.29, 1.82) is 0 Å². The highest BCUT2D eigenvalue weighted by atomic mass is 32.2. The Morgan fingerprint density at radius 2 is 1.36 bits per heavy atom. The van der Waals surface area contributed by atoms with E-state index in [9.17, 15) is 9.59 Å². The van der Waals surface area contributed by atoms with Gasteiger partial charge in [0.15, 0.2) is 5.16 Å². The van der Waals surface area contributed by atoms with Gasteiger partial charge in [-0.2, -0.15) is 0 Å². The fourth-order valence-corrected chi connectivity index (χ4v) is 5.73. The maximum Gasteiger partial charge on any atom is 0.278 e. The number of benzene rings is 2. The second kappa shape index (κ2) is 10.5. The van der Waals surface area contributed by atoms with E-state index in [0.717, 1.165) is 30.0 Å². The summed E-state index contributed by atoms with van der Waals surface area (Å²) in [6.07, 6.45) is 0.616. The lowest BCUT2D eigenvalue weighted by atomic mass is 10.1. The molecule has 8 heteroatoms. The number of carbonyl (C=O) groups is 2. The van der Waals surface area contributed by atoms with Crippen LogP contribution in [0.4, 0.5) is 5.69 Å². The molecule has 0 atom stereocenters. The number of aryl methyl sites for hydroxylation is 2. The minimum atomic E-state index is -0.260. The van der Waals surface area contributed by atoms with Gasteiger partial charge in [0.05, 0.1) is 0 Å². The molecule has 2 amide bonds. The molecular weight excluding hydrogens is 470 g/mol. The molecule has 7 nitrogen and oxygen atoms in total. The van der Waals surface area contributed by atoms with Crippen molar-refractivity contribution in [3.8, 4) is 0 Å². The van der Waals surface area contributed by atoms with Crippen LogP contribution in [-0.2, 0) is 16.0 Å². The van der Waals surface area contributed by atoms with E-state index in [1.165, 1.54) is 22.3 Å². The molecule has 0 spiro atoms. The van der Waals surface area contributed by atoms with Gasteiger partial charge in [0.2, 0.25) is 0 Å². The van der Waals surface area contributed by atoms with Gasteiger partial charge in [-0.3, -0.25) is 14.5 Å². The number of nitrogens with zero attached hydrogens (tertiary/aromatic N) is 5. The number of carbonyl (C=O) groups excluding carboxylic acids is 2. The van der Waals surface area contributed by atoms with Crippen molar-refractivity contribution in [2.75, 3.05) is 37.6 Å². The third-order valence-corrected chi connectivity index (χ3v) is 7.38. The molecule has 1 fully saturated rings. The molecule has 184 valence electrons. The highest BCUT2D eigenvalue weighted by Gasteiger charge is 2.42. The lowest BCUT2D eigenvalue weighted by Gasteiger charge is -2.37. The highest BCUT2D eigenvalue weighted by molar-refractivity contribution is 8.04. The summed E-state index contributed by atoms with van der Waals surface area (Å²) in [7, 11) is 0. The number of amides is 2. The number of hydrogen-bond acceptors (Lipinski definition) is 7. The van der Waals surface area contributed by atoms with Crippen molar-refractivity contribution in [3.63, 3.8) is 0 Å². The Labute approximate surface area is 215 Å². The van der Waals surface area contributed by atoms with Crippen molar-refractivity contribution >= 4 is 29.3 Å². The van der Waals surface area contributed by atoms with E-state index in [1.54, 1.807) is 0 Å². The van der Waals surface area contributed by atoms with Crippen LogP contribution in [0.1, 0.15) is 17.0 Å². The van der Waals surface area contributed by atoms with Crippen LogP contribution in [0.3, 0.4) is 0 Å². The number of aromatic nitrogens is 2. The van der Waals surface area contributed by atoms with Gasteiger partial charge >= 0.3 is 0 Å². The molecular formula is C28H29N5O2S. The quantitative estimate of drug-likeness (QED) is 0.361. The van der Waals surface area contributed by atoms with Gasteiger partial charge in [0, 0.05) is 49.8 Å². The van der Waals surface area contributed by atoms with Crippen LogP contribution < -0.4 is 4.90 Å². The van der Waals surface area contributed by atoms with E-state index in [0.29, 0.717) is 41.8 Å². The first-order chi connectivity index (χ1) is 17.5. The normalized spacial score (nSPS) is 16.3. The van der Waals surface area contributed by atoms with Gasteiger partial charge in [-0.05, 0) is 55.8 Å². The smallest absolute Gasteiger partial charge is 0.278 e. The molecule has 0 aliphatic carbocycles. The first kappa shape index (κ1) is 24.1. The van der Waals surface area contributed by atoms with Crippen molar-refractivity contribution in [2.45, 2.75) is 25.4 Å². The predicted molar refractivity (Wildman–Crippen MR) is 141 cm³/mol. The number of piperazine rings is 1. The highest BCUT2D eigenvalue weighted by Crippen LogP contribution is 2.36. The predicted octanol–water partition coefficient (Wildman–Crippen LogP) is 3.83. The topological polar surface area (TPSA) is 69.6 Å². The number of imide groups is 1. The Morgan fingerprint density at radius 1 is 0.778 bits per heavy atom. The molecule has 0 bridgehead atoms. The summed E-state index contributed by atoms with van der Waals surface area (Å²) >= 11 is 1.21. The minimum absolute atomic E-state index is 0.226. The number of anilines is 1. The average molecular weight is 500 g/mol. The molecule has 3 aromatic rings. The molecule has 2 aliphatic rings.